The second-order valence-electron chi connectivity index (χ2n) is 10.3. The van der Waals surface area contributed by atoms with Gasteiger partial charge in [-0.25, -0.2) is 0 Å². The highest BCUT2D eigenvalue weighted by Crippen LogP contribution is 2.54. The van der Waals surface area contributed by atoms with Crippen LogP contribution in [0, 0.1) is 17.8 Å². The summed E-state index contributed by atoms with van der Waals surface area (Å²) in [5, 5.41) is 0. The fourth-order valence-corrected chi connectivity index (χ4v) is 3.47. The summed E-state index contributed by atoms with van der Waals surface area (Å²) in [5.74, 6) is -17.9. The highest BCUT2D eigenvalue weighted by atomic mass is 19.4. The topological polar surface area (TPSA) is 18.5 Å². The maximum atomic E-state index is 13.6. The summed E-state index contributed by atoms with van der Waals surface area (Å²) in [6.07, 6.45) is 2.65. The minimum Gasteiger partial charge on any atom is -0.494 e. The Kier molecular flexibility index (Phi) is 14.0. The number of benzene rings is 1. The molecular weight excluding hydrogens is 563 g/mol. The van der Waals surface area contributed by atoms with Crippen LogP contribution in [0.15, 0.2) is 61.2 Å². The molecule has 0 spiro atoms. The molecule has 11 heteroatoms. The molecule has 0 fully saturated rings. The molecule has 1 aromatic carbocycles. The normalized spacial score (nSPS) is 16.6. The molecule has 0 saturated heterocycles. The molecule has 0 aliphatic carbocycles. The van der Waals surface area contributed by atoms with Gasteiger partial charge in [-0.3, -0.25) is 0 Å². The SMILES string of the molecule is C=C[C@@H](C)C/C=C/[C@@H](C)C/C=C/[C@H](C)[C@H](C)OCc1ccc(OCCCC(F)(F)C(F)(F)C(F)(F)C(F)(F)F)cc1. The van der Waals surface area contributed by atoms with Crippen LogP contribution in [-0.2, 0) is 11.3 Å². The van der Waals surface area contributed by atoms with Crippen molar-refractivity contribution in [2.75, 3.05) is 6.61 Å². The second kappa shape index (κ2) is 15.7. The lowest BCUT2D eigenvalue weighted by Crippen LogP contribution is -2.60. The molecule has 1 aromatic rings. The van der Waals surface area contributed by atoms with Gasteiger partial charge in [-0.2, -0.15) is 39.5 Å². The highest BCUT2D eigenvalue weighted by Gasteiger charge is 2.81. The lowest BCUT2D eigenvalue weighted by atomic mass is 10.00. The van der Waals surface area contributed by atoms with E-state index in [4.69, 9.17) is 9.47 Å². The van der Waals surface area contributed by atoms with Crippen molar-refractivity contribution in [2.45, 2.75) is 90.0 Å². The van der Waals surface area contributed by atoms with Crippen molar-refractivity contribution in [3.63, 3.8) is 0 Å². The predicted molar refractivity (Wildman–Crippen MR) is 142 cm³/mol. The zero-order valence-electron chi connectivity index (χ0n) is 23.7. The molecule has 0 radical (unpaired) electrons. The van der Waals surface area contributed by atoms with Crippen LogP contribution in [0.5, 0.6) is 5.75 Å². The van der Waals surface area contributed by atoms with E-state index in [2.05, 4.69) is 44.7 Å². The Morgan fingerprint density at radius 3 is 1.90 bits per heavy atom. The lowest BCUT2D eigenvalue weighted by Gasteiger charge is -2.33. The van der Waals surface area contributed by atoms with Crippen molar-refractivity contribution in [3.05, 3.63) is 66.8 Å². The number of hydrogen-bond acceptors (Lipinski definition) is 2. The zero-order chi connectivity index (χ0) is 31.5. The summed E-state index contributed by atoms with van der Waals surface area (Å²) in [4.78, 5) is 0. The Morgan fingerprint density at radius 1 is 0.780 bits per heavy atom. The highest BCUT2D eigenvalue weighted by molar-refractivity contribution is 5.26. The van der Waals surface area contributed by atoms with Crippen LogP contribution >= 0.6 is 0 Å². The van der Waals surface area contributed by atoms with Gasteiger partial charge in [0, 0.05) is 6.42 Å². The first-order chi connectivity index (χ1) is 18.9. The number of ether oxygens (including phenoxy) is 2. The van der Waals surface area contributed by atoms with Gasteiger partial charge in [0.1, 0.15) is 5.75 Å². The third-order valence-corrected chi connectivity index (χ3v) is 6.61. The average molecular weight is 603 g/mol. The third kappa shape index (κ3) is 11.1. The predicted octanol–water partition coefficient (Wildman–Crippen LogP) is 10.2. The molecule has 0 heterocycles. The Labute approximate surface area is 236 Å². The van der Waals surface area contributed by atoms with E-state index in [1.807, 2.05) is 19.9 Å². The molecular formula is C30H39F9O2. The minimum absolute atomic E-state index is 0.0917. The van der Waals surface area contributed by atoms with E-state index < -0.39 is 43.4 Å². The number of hydrogen-bond donors (Lipinski definition) is 0. The van der Waals surface area contributed by atoms with Gasteiger partial charge in [-0.15, -0.1) is 6.58 Å². The van der Waals surface area contributed by atoms with Crippen LogP contribution < -0.4 is 4.74 Å². The Balaban J connectivity index is 2.47. The molecule has 2 nitrogen and oxygen atoms in total. The summed E-state index contributed by atoms with van der Waals surface area (Å²) in [5.41, 5.74) is 0.772. The van der Waals surface area contributed by atoms with Crippen LogP contribution in [0.1, 0.15) is 58.9 Å². The van der Waals surface area contributed by atoms with Gasteiger partial charge in [0.25, 0.3) is 0 Å². The van der Waals surface area contributed by atoms with E-state index in [0.29, 0.717) is 11.8 Å². The van der Waals surface area contributed by atoms with Crippen LogP contribution in [0.4, 0.5) is 39.5 Å². The van der Waals surface area contributed by atoms with Crippen molar-refractivity contribution in [2.24, 2.45) is 17.8 Å². The number of rotatable bonds is 18. The zero-order valence-corrected chi connectivity index (χ0v) is 23.7. The van der Waals surface area contributed by atoms with Crippen molar-refractivity contribution >= 4 is 0 Å². The number of allylic oxidation sites excluding steroid dienone is 4. The van der Waals surface area contributed by atoms with Crippen LogP contribution in [0.3, 0.4) is 0 Å². The van der Waals surface area contributed by atoms with E-state index >= 15 is 0 Å². The standard InChI is InChI=1S/C30H39F9O2/c1-6-21(2)10-7-11-22(3)12-8-13-23(4)24(5)41-20-25-14-16-26(17-15-25)40-19-9-18-27(31,32)28(33,34)29(35,36)30(37,38)39/h6-8,11,13-17,21-24H,1,9-10,12,18-20H2,2-5H3/b11-7+,13-8+/t21-,22-,23+,24+/m1/s1. The Bertz CT molecular complexity index is 969. The Hall–Kier alpha value is -2.43. The van der Waals surface area contributed by atoms with Gasteiger partial charge in [-0.1, -0.05) is 63.3 Å². The van der Waals surface area contributed by atoms with Gasteiger partial charge >= 0.3 is 23.9 Å². The fourth-order valence-electron chi connectivity index (χ4n) is 3.47. The number of halogens is 9. The first-order valence-electron chi connectivity index (χ1n) is 13.3. The van der Waals surface area contributed by atoms with Gasteiger partial charge in [-0.05, 0) is 61.6 Å². The molecule has 1 rings (SSSR count). The Morgan fingerprint density at radius 2 is 1.34 bits per heavy atom. The maximum Gasteiger partial charge on any atom is 0.460 e. The van der Waals surface area contributed by atoms with Gasteiger partial charge < -0.3 is 9.47 Å². The van der Waals surface area contributed by atoms with Crippen LogP contribution in [-0.4, -0.2) is 36.7 Å². The molecule has 0 aromatic heterocycles. The molecule has 0 saturated carbocycles. The van der Waals surface area contributed by atoms with Crippen molar-refractivity contribution in [3.8, 4) is 5.75 Å². The van der Waals surface area contributed by atoms with Gasteiger partial charge in [0.05, 0.1) is 19.3 Å². The van der Waals surface area contributed by atoms with E-state index in [1.165, 1.54) is 12.1 Å². The van der Waals surface area contributed by atoms with Crippen molar-refractivity contribution < 1.29 is 49.0 Å². The first-order valence-corrected chi connectivity index (χ1v) is 13.3. The lowest BCUT2D eigenvalue weighted by molar-refractivity contribution is -0.396. The first kappa shape index (κ1) is 36.6. The van der Waals surface area contributed by atoms with E-state index in [1.54, 1.807) is 12.1 Å². The molecule has 0 bridgehead atoms. The quantitative estimate of drug-likeness (QED) is 0.0946. The summed E-state index contributed by atoms with van der Waals surface area (Å²) < 4.78 is 127. The van der Waals surface area contributed by atoms with E-state index in [-0.39, 0.29) is 24.4 Å². The van der Waals surface area contributed by atoms with Gasteiger partial charge in [0.2, 0.25) is 0 Å². The monoisotopic (exact) mass is 602 g/mol. The summed E-state index contributed by atoms with van der Waals surface area (Å²) in [6, 6.07) is 6.22. The maximum absolute atomic E-state index is 13.6. The average Bonchev–Trinajstić information content (AvgIpc) is 2.89. The summed E-state index contributed by atoms with van der Waals surface area (Å²) >= 11 is 0. The van der Waals surface area contributed by atoms with Crippen molar-refractivity contribution in [1.82, 2.24) is 0 Å². The van der Waals surface area contributed by atoms with E-state index in [0.717, 1.165) is 18.4 Å². The molecule has 4 atom stereocenters. The second-order valence-corrected chi connectivity index (χ2v) is 10.3. The molecule has 0 aliphatic rings. The third-order valence-electron chi connectivity index (χ3n) is 6.61. The molecule has 0 amide bonds. The molecule has 234 valence electrons. The summed E-state index contributed by atoms with van der Waals surface area (Å²) in [7, 11) is 0. The molecule has 0 N–H and O–H groups in total. The van der Waals surface area contributed by atoms with E-state index in [9.17, 15) is 39.5 Å². The van der Waals surface area contributed by atoms with Crippen molar-refractivity contribution in [1.29, 1.82) is 0 Å². The smallest absolute Gasteiger partial charge is 0.460 e. The molecule has 0 aliphatic heterocycles. The van der Waals surface area contributed by atoms with Crippen LogP contribution in [0.25, 0.3) is 0 Å². The molecule has 41 heavy (non-hydrogen) atoms. The van der Waals surface area contributed by atoms with Crippen LogP contribution in [0.2, 0.25) is 0 Å². The number of alkyl halides is 9. The minimum atomic E-state index is -6.88. The largest absolute Gasteiger partial charge is 0.494 e. The fraction of sp³-hybridized carbons (Fsp3) is 0.600. The van der Waals surface area contributed by atoms with Gasteiger partial charge in [0.15, 0.2) is 0 Å². The molecule has 0 unspecified atom stereocenters. The summed E-state index contributed by atoms with van der Waals surface area (Å²) in [6.45, 7) is 11.7.